The van der Waals surface area contributed by atoms with E-state index in [4.69, 9.17) is 15.2 Å². The average Bonchev–Trinajstić information content (AvgIpc) is 2.68. The number of ether oxygens (including phenoxy) is 2. The Morgan fingerprint density at radius 1 is 1.25 bits per heavy atom. The molecule has 0 fully saturated rings. The Morgan fingerprint density at radius 2 is 1.95 bits per heavy atom. The molecule has 1 heterocycles. The minimum Gasteiger partial charge on any atom is -0.490 e. The molecule has 1 atom stereocenters. The van der Waals surface area contributed by atoms with E-state index in [1.807, 2.05) is 6.07 Å². The summed E-state index contributed by atoms with van der Waals surface area (Å²) in [5, 5.41) is 0. The predicted molar refractivity (Wildman–Crippen MR) is 78.4 cm³/mol. The summed E-state index contributed by atoms with van der Waals surface area (Å²) in [5.74, 6) is 1.80. The topological polar surface area (TPSA) is 61.6 Å². The van der Waals surface area contributed by atoms with Crippen LogP contribution in [0.4, 0.5) is 0 Å². The van der Waals surface area contributed by atoms with Gasteiger partial charge < -0.3 is 15.2 Å². The largest absolute Gasteiger partial charge is 0.490 e. The third-order valence-electron chi connectivity index (χ3n) is 3.44. The summed E-state index contributed by atoms with van der Waals surface area (Å²) < 4.78 is 11.2. The van der Waals surface area contributed by atoms with Gasteiger partial charge in [-0.2, -0.15) is 0 Å². The van der Waals surface area contributed by atoms with Crippen molar-refractivity contribution >= 4 is 5.78 Å². The first kappa shape index (κ1) is 14.9. The highest BCUT2D eigenvalue weighted by atomic mass is 16.5. The molecule has 0 aromatic heterocycles. The minimum absolute atomic E-state index is 0.0943. The molecule has 20 heavy (non-hydrogen) atoms. The molecule has 2 rings (SSSR count). The summed E-state index contributed by atoms with van der Waals surface area (Å²) in [6.07, 6.45) is 1.67. The van der Waals surface area contributed by atoms with Gasteiger partial charge in [-0.15, -0.1) is 0 Å². The lowest BCUT2D eigenvalue weighted by Gasteiger charge is -2.16. The van der Waals surface area contributed by atoms with E-state index >= 15 is 0 Å². The normalized spacial score (nSPS) is 15.8. The molecule has 1 aliphatic rings. The quantitative estimate of drug-likeness (QED) is 0.840. The molecule has 0 bridgehead atoms. The van der Waals surface area contributed by atoms with Crippen molar-refractivity contribution in [3.8, 4) is 11.5 Å². The first-order chi connectivity index (χ1) is 9.61. The van der Waals surface area contributed by atoms with Gasteiger partial charge in [-0.05, 0) is 30.5 Å². The number of hydrogen-bond donors (Lipinski definition) is 1. The highest BCUT2D eigenvalue weighted by Gasteiger charge is 2.21. The number of rotatable bonds is 5. The molecule has 0 saturated carbocycles. The highest BCUT2D eigenvalue weighted by Crippen LogP contribution is 2.31. The molecule has 0 radical (unpaired) electrons. The van der Waals surface area contributed by atoms with E-state index in [1.165, 1.54) is 0 Å². The van der Waals surface area contributed by atoms with Crippen molar-refractivity contribution in [3.05, 3.63) is 23.8 Å². The molecule has 110 valence electrons. The van der Waals surface area contributed by atoms with Gasteiger partial charge in [-0.1, -0.05) is 13.8 Å². The average molecular weight is 277 g/mol. The Hall–Kier alpha value is -1.55. The van der Waals surface area contributed by atoms with Crippen LogP contribution in [0.2, 0.25) is 0 Å². The van der Waals surface area contributed by atoms with Gasteiger partial charge in [0, 0.05) is 24.4 Å². The van der Waals surface area contributed by atoms with Gasteiger partial charge in [0.25, 0.3) is 0 Å². The summed E-state index contributed by atoms with van der Waals surface area (Å²) in [6.45, 7) is 5.86. The van der Waals surface area contributed by atoms with Crippen LogP contribution in [0.5, 0.6) is 11.5 Å². The van der Waals surface area contributed by atoms with Crippen LogP contribution in [0.25, 0.3) is 0 Å². The SMILES string of the molecule is CC(C)CC(CN)C(=O)c1ccc2c(c1)OCCCO2. The molecule has 1 unspecified atom stereocenters. The maximum absolute atomic E-state index is 12.5. The van der Waals surface area contributed by atoms with E-state index in [0.29, 0.717) is 42.7 Å². The fraction of sp³-hybridized carbons (Fsp3) is 0.562. The van der Waals surface area contributed by atoms with Gasteiger partial charge in [-0.3, -0.25) is 4.79 Å². The summed E-state index contributed by atoms with van der Waals surface area (Å²) >= 11 is 0. The van der Waals surface area contributed by atoms with Gasteiger partial charge in [0.2, 0.25) is 0 Å². The van der Waals surface area contributed by atoms with E-state index in [2.05, 4.69) is 13.8 Å². The fourth-order valence-electron chi connectivity index (χ4n) is 2.43. The van der Waals surface area contributed by atoms with Crippen molar-refractivity contribution < 1.29 is 14.3 Å². The molecule has 2 N–H and O–H groups in total. The molecule has 1 aromatic carbocycles. The Bertz CT molecular complexity index is 471. The van der Waals surface area contributed by atoms with E-state index in [0.717, 1.165) is 12.8 Å². The number of nitrogens with two attached hydrogens (primary N) is 1. The number of benzene rings is 1. The number of carbonyl (C=O) groups excluding carboxylic acids is 1. The molecule has 0 aliphatic carbocycles. The molecular formula is C16H23NO3. The number of hydrogen-bond acceptors (Lipinski definition) is 4. The second kappa shape index (κ2) is 6.75. The highest BCUT2D eigenvalue weighted by molar-refractivity contribution is 5.98. The van der Waals surface area contributed by atoms with Gasteiger partial charge >= 0.3 is 0 Å². The van der Waals surface area contributed by atoms with E-state index in [9.17, 15) is 4.79 Å². The summed E-state index contributed by atoms with van der Waals surface area (Å²) in [6, 6.07) is 5.40. The molecule has 1 aliphatic heterocycles. The monoisotopic (exact) mass is 277 g/mol. The summed E-state index contributed by atoms with van der Waals surface area (Å²) in [7, 11) is 0. The van der Waals surface area contributed by atoms with E-state index in [-0.39, 0.29) is 11.7 Å². The smallest absolute Gasteiger partial charge is 0.167 e. The van der Waals surface area contributed by atoms with Gasteiger partial charge in [0.1, 0.15) is 0 Å². The molecule has 1 aromatic rings. The Labute approximate surface area is 120 Å². The van der Waals surface area contributed by atoms with Crippen LogP contribution >= 0.6 is 0 Å². The number of Topliss-reactive ketones (excluding diaryl/α,β-unsaturated/α-hetero) is 1. The van der Waals surface area contributed by atoms with Crippen LogP contribution in [-0.4, -0.2) is 25.5 Å². The van der Waals surface area contributed by atoms with Crippen molar-refractivity contribution in [1.29, 1.82) is 0 Å². The number of carbonyl (C=O) groups is 1. The molecule has 4 heteroatoms. The number of ketones is 1. The number of fused-ring (bicyclic) bond motifs is 1. The van der Waals surface area contributed by atoms with E-state index in [1.54, 1.807) is 12.1 Å². The standard InChI is InChI=1S/C16H23NO3/c1-11(2)8-13(10-17)16(18)12-4-5-14-15(9-12)20-7-3-6-19-14/h4-5,9,11,13H,3,6-8,10,17H2,1-2H3. The van der Waals surface area contributed by atoms with Crippen LogP contribution in [-0.2, 0) is 0 Å². The summed E-state index contributed by atoms with van der Waals surface area (Å²) in [5.41, 5.74) is 6.40. The maximum Gasteiger partial charge on any atom is 0.167 e. The first-order valence-electron chi connectivity index (χ1n) is 7.25. The maximum atomic E-state index is 12.5. The lowest BCUT2D eigenvalue weighted by molar-refractivity contribution is 0.0908. The lowest BCUT2D eigenvalue weighted by Crippen LogP contribution is -2.25. The zero-order chi connectivity index (χ0) is 14.5. The third kappa shape index (κ3) is 3.51. The predicted octanol–water partition coefficient (Wildman–Crippen LogP) is 2.65. The van der Waals surface area contributed by atoms with Crippen molar-refractivity contribution in [3.63, 3.8) is 0 Å². The lowest BCUT2D eigenvalue weighted by atomic mass is 9.90. The van der Waals surface area contributed by atoms with Gasteiger partial charge in [-0.25, -0.2) is 0 Å². The van der Waals surface area contributed by atoms with Crippen LogP contribution in [0.15, 0.2) is 18.2 Å². The molecular weight excluding hydrogens is 254 g/mol. The van der Waals surface area contributed by atoms with Crippen LogP contribution in [0.1, 0.15) is 37.0 Å². The fourth-order valence-corrected chi connectivity index (χ4v) is 2.43. The minimum atomic E-state index is -0.125. The zero-order valence-electron chi connectivity index (χ0n) is 12.2. The Kier molecular flexibility index (Phi) is 5.01. The molecule has 0 amide bonds. The second-order valence-electron chi connectivity index (χ2n) is 5.64. The van der Waals surface area contributed by atoms with Gasteiger partial charge in [0.05, 0.1) is 13.2 Å². The van der Waals surface area contributed by atoms with Crippen molar-refractivity contribution in [1.82, 2.24) is 0 Å². The van der Waals surface area contributed by atoms with Crippen molar-refractivity contribution in [2.45, 2.75) is 26.7 Å². The molecule has 0 saturated heterocycles. The van der Waals surface area contributed by atoms with Crippen molar-refractivity contribution in [2.75, 3.05) is 19.8 Å². The molecule has 4 nitrogen and oxygen atoms in total. The zero-order valence-corrected chi connectivity index (χ0v) is 12.2. The second-order valence-corrected chi connectivity index (χ2v) is 5.64. The Balaban J connectivity index is 2.19. The third-order valence-corrected chi connectivity index (χ3v) is 3.44. The summed E-state index contributed by atoms with van der Waals surface area (Å²) in [4.78, 5) is 12.5. The van der Waals surface area contributed by atoms with Crippen molar-refractivity contribution in [2.24, 2.45) is 17.6 Å². The van der Waals surface area contributed by atoms with Crippen LogP contribution < -0.4 is 15.2 Å². The van der Waals surface area contributed by atoms with E-state index < -0.39 is 0 Å². The Morgan fingerprint density at radius 3 is 2.60 bits per heavy atom. The van der Waals surface area contributed by atoms with Gasteiger partial charge in [0.15, 0.2) is 17.3 Å². The first-order valence-corrected chi connectivity index (χ1v) is 7.25. The van der Waals surface area contributed by atoms with Crippen LogP contribution in [0, 0.1) is 11.8 Å². The molecule has 0 spiro atoms. The van der Waals surface area contributed by atoms with Crippen LogP contribution in [0.3, 0.4) is 0 Å².